The smallest absolute Gasteiger partial charge is 0.191 e. The van der Waals surface area contributed by atoms with Crippen LogP contribution in [-0.2, 0) is 6.54 Å². The van der Waals surface area contributed by atoms with Crippen molar-refractivity contribution < 1.29 is 9.47 Å². The number of guanidine groups is 1. The molecule has 0 saturated heterocycles. The molecule has 0 saturated carbocycles. The first-order chi connectivity index (χ1) is 12.2. The van der Waals surface area contributed by atoms with Gasteiger partial charge in [0.1, 0.15) is 18.1 Å². The van der Waals surface area contributed by atoms with E-state index in [1.165, 1.54) is 0 Å². The molecule has 2 N–H and O–H groups in total. The summed E-state index contributed by atoms with van der Waals surface area (Å²) in [6.45, 7) is 6.62. The summed E-state index contributed by atoms with van der Waals surface area (Å²) in [5, 5.41) is 6.49. The largest absolute Gasteiger partial charge is 0.497 e. The van der Waals surface area contributed by atoms with E-state index < -0.39 is 0 Å². The zero-order chi connectivity index (χ0) is 17.9. The first kappa shape index (κ1) is 22.0. The fourth-order valence-electron chi connectivity index (χ4n) is 2.19. The highest BCUT2D eigenvalue weighted by atomic mass is 127. The average Bonchev–Trinajstić information content (AvgIpc) is 2.64. The van der Waals surface area contributed by atoms with Crippen molar-refractivity contribution >= 4 is 29.9 Å². The Balaban J connectivity index is 0.00000338. The Morgan fingerprint density at radius 3 is 2.50 bits per heavy atom. The molecule has 0 spiro atoms. The quantitative estimate of drug-likeness (QED) is 0.269. The van der Waals surface area contributed by atoms with Crippen LogP contribution in [0.3, 0.4) is 0 Å². The van der Waals surface area contributed by atoms with E-state index in [1.54, 1.807) is 13.3 Å². The fourth-order valence-corrected chi connectivity index (χ4v) is 2.19. The molecule has 0 fully saturated rings. The Hall–Kier alpha value is -2.03. The minimum Gasteiger partial charge on any atom is -0.497 e. The monoisotopic (exact) mass is 470 g/mol. The van der Waals surface area contributed by atoms with Crippen molar-refractivity contribution in [3.8, 4) is 11.5 Å². The number of aryl methyl sites for hydroxylation is 1. The summed E-state index contributed by atoms with van der Waals surface area (Å²) in [6.07, 6.45) is 1.79. The van der Waals surface area contributed by atoms with Gasteiger partial charge in [-0.15, -0.1) is 24.0 Å². The first-order valence-corrected chi connectivity index (χ1v) is 8.42. The maximum absolute atomic E-state index is 5.70. The molecule has 0 amide bonds. The standard InChI is InChI=1S/C19H26N4O2.HI/c1-4-20-19(23-14-18-15(2)6-5-11-21-18)22-12-13-25-17-9-7-16(24-3)8-10-17;/h5-11H,4,12-14H2,1-3H3,(H2,20,22,23);1H. The second-order valence-electron chi connectivity index (χ2n) is 5.41. The highest BCUT2D eigenvalue weighted by Crippen LogP contribution is 2.16. The van der Waals surface area contributed by atoms with Crippen LogP contribution in [0.5, 0.6) is 11.5 Å². The van der Waals surface area contributed by atoms with E-state index in [2.05, 4.69) is 20.6 Å². The Labute approximate surface area is 172 Å². The Bertz CT molecular complexity index is 677. The number of ether oxygens (including phenoxy) is 2. The summed E-state index contributed by atoms with van der Waals surface area (Å²) in [4.78, 5) is 8.93. The molecule has 0 radical (unpaired) electrons. The van der Waals surface area contributed by atoms with Gasteiger partial charge in [0, 0.05) is 12.7 Å². The summed E-state index contributed by atoms with van der Waals surface area (Å²) in [7, 11) is 1.65. The Morgan fingerprint density at radius 2 is 1.85 bits per heavy atom. The number of methoxy groups -OCH3 is 1. The number of halogens is 1. The lowest BCUT2D eigenvalue weighted by molar-refractivity contribution is 0.321. The molecule has 0 unspecified atom stereocenters. The molecule has 1 aromatic heterocycles. The Morgan fingerprint density at radius 1 is 1.12 bits per heavy atom. The number of pyridine rings is 1. The maximum atomic E-state index is 5.70. The predicted molar refractivity (Wildman–Crippen MR) is 116 cm³/mol. The molecule has 1 heterocycles. The second-order valence-corrected chi connectivity index (χ2v) is 5.41. The molecule has 0 bridgehead atoms. The predicted octanol–water partition coefficient (Wildman–Crippen LogP) is 3.15. The van der Waals surface area contributed by atoms with E-state index in [1.807, 2.05) is 50.2 Å². The first-order valence-electron chi connectivity index (χ1n) is 8.42. The van der Waals surface area contributed by atoms with E-state index >= 15 is 0 Å². The van der Waals surface area contributed by atoms with Gasteiger partial charge in [-0.3, -0.25) is 4.98 Å². The topological polar surface area (TPSA) is 67.8 Å². The molecule has 7 heteroatoms. The molecular formula is C19H27IN4O2. The van der Waals surface area contributed by atoms with Crippen LogP contribution in [0.25, 0.3) is 0 Å². The number of aromatic nitrogens is 1. The molecule has 6 nitrogen and oxygen atoms in total. The minimum atomic E-state index is 0. The zero-order valence-electron chi connectivity index (χ0n) is 15.5. The van der Waals surface area contributed by atoms with Gasteiger partial charge < -0.3 is 20.1 Å². The maximum Gasteiger partial charge on any atom is 0.191 e. The van der Waals surface area contributed by atoms with Crippen LogP contribution >= 0.6 is 24.0 Å². The molecule has 0 atom stereocenters. The molecule has 2 rings (SSSR count). The van der Waals surface area contributed by atoms with E-state index in [4.69, 9.17) is 9.47 Å². The molecular weight excluding hydrogens is 443 g/mol. The number of hydrogen-bond donors (Lipinski definition) is 2. The van der Waals surface area contributed by atoms with Gasteiger partial charge in [0.2, 0.25) is 0 Å². The van der Waals surface area contributed by atoms with Gasteiger partial charge in [0.15, 0.2) is 5.96 Å². The highest BCUT2D eigenvalue weighted by molar-refractivity contribution is 14.0. The van der Waals surface area contributed by atoms with Crippen LogP contribution in [0.15, 0.2) is 47.6 Å². The third-order valence-corrected chi connectivity index (χ3v) is 3.57. The SMILES string of the molecule is CCNC(=NCc1ncccc1C)NCCOc1ccc(OC)cc1.I. The fraction of sp³-hybridized carbons (Fsp3) is 0.368. The van der Waals surface area contributed by atoms with E-state index in [-0.39, 0.29) is 24.0 Å². The summed E-state index contributed by atoms with van der Waals surface area (Å²) >= 11 is 0. The molecule has 0 aliphatic heterocycles. The molecule has 142 valence electrons. The molecule has 0 aliphatic rings. The van der Waals surface area contributed by atoms with Gasteiger partial charge in [0.25, 0.3) is 0 Å². The van der Waals surface area contributed by atoms with Crippen LogP contribution in [0.4, 0.5) is 0 Å². The van der Waals surface area contributed by atoms with Crippen molar-refractivity contribution in [3.05, 3.63) is 53.9 Å². The van der Waals surface area contributed by atoms with Crippen LogP contribution in [0.1, 0.15) is 18.2 Å². The molecule has 1 aromatic carbocycles. The van der Waals surface area contributed by atoms with E-state index in [0.29, 0.717) is 19.7 Å². The lowest BCUT2D eigenvalue weighted by Crippen LogP contribution is -2.39. The van der Waals surface area contributed by atoms with Gasteiger partial charge in [-0.1, -0.05) is 6.07 Å². The summed E-state index contributed by atoms with van der Waals surface area (Å²) in [5.41, 5.74) is 2.12. The van der Waals surface area contributed by atoms with Crippen LogP contribution in [-0.4, -0.2) is 37.7 Å². The number of benzene rings is 1. The van der Waals surface area contributed by atoms with Gasteiger partial charge in [-0.2, -0.15) is 0 Å². The Kier molecular flexibility index (Phi) is 10.5. The third-order valence-electron chi connectivity index (χ3n) is 3.57. The average molecular weight is 470 g/mol. The van der Waals surface area contributed by atoms with Crippen LogP contribution in [0.2, 0.25) is 0 Å². The summed E-state index contributed by atoms with van der Waals surface area (Å²) in [5.74, 6) is 2.39. The lowest BCUT2D eigenvalue weighted by atomic mass is 10.2. The number of rotatable bonds is 8. The van der Waals surface area contributed by atoms with Crippen molar-refractivity contribution in [3.63, 3.8) is 0 Å². The van der Waals surface area contributed by atoms with Crippen molar-refractivity contribution in [2.24, 2.45) is 4.99 Å². The number of hydrogen-bond acceptors (Lipinski definition) is 4. The van der Waals surface area contributed by atoms with Gasteiger partial charge in [-0.05, 0) is 49.7 Å². The van der Waals surface area contributed by atoms with Gasteiger partial charge >= 0.3 is 0 Å². The zero-order valence-corrected chi connectivity index (χ0v) is 17.8. The number of nitrogens with one attached hydrogen (secondary N) is 2. The van der Waals surface area contributed by atoms with E-state index in [9.17, 15) is 0 Å². The number of nitrogens with zero attached hydrogens (tertiary/aromatic N) is 2. The van der Waals surface area contributed by atoms with Gasteiger partial charge in [-0.25, -0.2) is 4.99 Å². The lowest BCUT2D eigenvalue weighted by Gasteiger charge is -2.12. The molecule has 26 heavy (non-hydrogen) atoms. The third kappa shape index (κ3) is 7.47. The van der Waals surface area contributed by atoms with Gasteiger partial charge in [0.05, 0.1) is 25.9 Å². The minimum absolute atomic E-state index is 0. The second kappa shape index (κ2) is 12.3. The normalized spacial score (nSPS) is 10.7. The molecule has 2 aromatic rings. The van der Waals surface area contributed by atoms with Crippen LogP contribution < -0.4 is 20.1 Å². The summed E-state index contributed by atoms with van der Waals surface area (Å²) < 4.78 is 10.8. The van der Waals surface area contributed by atoms with Crippen molar-refractivity contribution in [1.29, 1.82) is 0 Å². The van der Waals surface area contributed by atoms with Crippen molar-refractivity contribution in [1.82, 2.24) is 15.6 Å². The summed E-state index contributed by atoms with van der Waals surface area (Å²) in [6, 6.07) is 11.5. The van der Waals surface area contributed by atoms with Crippen molar-refractivity contribution in [2.75, 3.05) is 26.8 Å². The van der Waals surface area contributed by atoms with Crippen molar-refractivity contribution in [2.45, 2.75) is 20.4 Å². The highest BCUT2D eigenvalue weighted by Gasteiger charge is 2.01. The number of aliphatic imine (C=N–C) groups is 1. The van der Waals surface area contributed by atoms with Crippen LogP contribution in [0, 0.1) is 6.92 Å². The molecule has 0 aliphatic carbocycles. The van der Waals surface area contributed by atoms with E-state index in [0.717, 1.165) is 35.3 Å².